The average Bonchev–Trinajstić information content (AvgIpc) is 2.74. The van der Waals surface area contributed by atoms with E-state index in [9.17, 15) is 0 Å². The minimum absolute atomic E-state index is 0.237. The van der Waals surface area contributed by atoms with Gasteiger partial charge in [-0.3, -0.25) is 0 Å². The minimum atomic E-state index is 0.237. The molecule has 0 aliphatic heterocycles. The molecule has 2 saturated carbocycles. The fraction of sp³-hybridized carbons (Fsp3) is 0.727. The Balaban J connectivity index is 2.17. The topological polar surface area (TPSA) is 32.6 Å². The van der Waals surface area contributed by atoms with Crippen LogP contribution in [0.15, 0.2) is 17.3 Å². The second kappa shape index (κ2) is 2.60. The molecule has 0 saturated heterocycles. The molecule has 1 N–H and O–H groups in total. The maximum Gasteiger partial charge on any atom is 0.0638 e. The van der Waals surface area contributed by atoms with Gasteiger partial charge in [-0.05, 0) is 38.0 Å². The lowest BCUT2D eigenvalue weighted by Crippen LogP contribution is -2.25. The number of hydrogen-bond donors (Lipinski definition) is 1. The first kappa shape index (κ1) is 8.79. The van der Waals surface area contributed by atoms with Crippen LogP contribution >= 0.6 is 0 Å². The average molecular weight is 179 g/mol. The molecule has 3 atom stereocenters. The smallest absolute Gasteiger partial charge is 0.0638 e. The summed E-state index contributed by atoms with van der Waals surface area (Å²) >= 11 is 0. The van der Waals surface area contributed by atoms with E-state index in [-0.39, 0.29) is 5.41 Å². The van der Waals surface area contributed by atoms with E-state index < -0.39 is 0 Å². The molecular formula is C11H17NO. The van der Waals surface area contributed by atoms with Gasteiger partial charge in [-0.1, -0.05) is 24.2 Å². The zero-order chi connectivity index (χ0) is 9.64. The zero-order valence-electron chi connectivity index (χ0n) is 8.38. The Morgan fingerprint density at radius 1 is 1.69 bits per heavy atom. The summed E-state index contributed by atoms with van der Waals surface area (Å²) < 4.78 is 0. The molecular weight excluding hydrogens is 162 g/mol. The van der Waals surface area contributed by atoms with Crippen LogP contribution < -0.4 is 0 Å². The molecule has 2 fully saturated rings. The second-order valence-electron chi connectivity index (χ2n) is 4.85. The molecule has 0 radical (unpaired) electrons. The summed E-state index contributed by atoms with van der Waals surface area (Å²) in [5.74, 6) is 1.29. The van der Waals surface area contributed by atoms with Crippen LogP contribution in [0.5, 0.6) is 0 Å². The fourth-order valence-electron chi connectivity index (χ4n) is 2.57. The van der Waals surface area contributed by atoms with E-state index in [4.69, 9.17) is 5.21 Å². The number of rotatable bonds is 1. The summed E-state index contributed by atoms with van der Waals surface area (Å²) in [5, 5.41) is 12.4. The molecule has 0 amide bonds. The van der Waals surface area contributed by atoms with Crippen LogP contribution in [0.4, 0.5) is 0 Å². The van der Waals surface area contributed by atoms with E-state index >= 15 is 0 Å². The van der Waals surface area contributed by atoms with Gasteiger partial charge in [-0.2, -0.15) is 0 Å². The normalized spacial score (nSPS) is 45.8. The van der Waals surface area contributed by atoms with E-state index in [0.717, 1.165) is 18.1 Å². The highest BCUT2D eigenvalue weighted by molar-refractivity contribution is 5.93. The number of nitrogens with zero attached hydrogens (tertiary/aromatic N) is 1. The first-order valence-electron chi connectivity index (χ1n) is 4.94. The van der Waals surface area contributed by atoms with Crippen LogP contribution in [-0.2, 0) is 0 Å². The van der Waals surface area contributed by atoms with Crippen LogP contribution in [-0.4, -0.2) is 10.9 Å². The molecule has 72 valence electrons. The number of oxime groups is 1. The third-order valence-electron chi connectivity index (χ3n) is 3.90. The first-order chi connectivity index (χ1) is 6.08. The number of fused-ring (bicyclic) bond motifs is 1. The molecule has 0 spiro atoms. The van der Waals surface area contributed by atoms with Crippen molar-refractivity contribution in [2.75, 3.05) is 0 Å². The predicted molar refractivity (Wildman–Crippen MR) is 53.0 cm³/mol. The van der Waals surface area contributed by atoms with Crippen molar-refractivity contribution in [1.82, 2.24) is 0 Å². The summed E-state index contributed by atoms with van der Waals surface area (Å²) in [7, 11) is 0. The van der Waals surface area contributed by atoms with Gasteiger partial charge in [0.25, 0.3) is 0 Å². The Morgan fingerprint density at radius 3 is 2.92 bits per heavy atom. The van der Waals surface area contributed by atoms with Crippen molar-refractivity contribution >= 4 is 5.71 Å². The molecule has 13 heavy (non-hydrogen) atoms. The van der Waals surface area contributed by atoms with Crippen molar-refractivity contribution in [3.05, 3.63) is 12.2 Å². The van der Waals surface area contributed by atoms with Gasteiger partial charge in [0.2, 0.25) is 0 Å². The summed E-state index contributed by atoms with van der Waals surface area (Å²) in [6.07, 6.45) is 3.36. The van der Waals surface area contributed by atoms with E-state index in [1.807, 2.05) is 0 Å². The molecule has 2 nitrogen and oxygen atoms in total. The fourth-order valence-corrected chi connectivity index (χ4v) is 2.57. The Labute approximate surface area is 79.3 Å². The van der Waals surface area contributed by atoms with Gasteiger partial charge in [0.1, 0.15) is 0 Å². The van der Waals surface area contributed by atoms with Crippen molar-refractivity contribution < 1.29 is 5.21 Å². The first-order valence-corrected chi connectivity index (χ1v) is 4.94. The van der Waals surface area contributed by atoms with Crippen LogP contribution in [0.3, 0.4) is 0 Å². The highest BCUT2D eigenvalue weighted by Gasteiger charge is 2.57. The van der Waals surface area contributed by atoms with Crippen molar-refractivity contribution in [2.45, 2.75) is 33.1 Å². The van der Waals surface area contributed by atoms with E-state index in [0.29, 0.717) is 5.92 Å². The standard InChI is InChI=1S/C11H17NO/c1-7(2)8-4-9-6-11(9,3)10(5-8)12-13/h8-9,13H,1,4-6H2,2-3H3/b12-10+. The Morgan fingerprint density at radius 2 is 2.38 bits per heavy atom. The molecule has 0 aromatic heterocycles. The van der Waals surface area contributed by atoms with Gasteiger partial charge in [0.15, 0.2) is 0 Å². The summed E-state index contributed by atoms with van der Waals surface area (Å²) in [6.45, 7) is 8.27. The highest BCUT2D eigenvalue weighted by atomic mass is 16.4. The number of allylic oxidation sites excluding steroid dienone is 1. The van der Waals surface area contributed by atoms with Gasteiger partial charge >= 0.3 is 0 Å². The maximum absolute atomic E-state index is 8.91. The Bertz CT molecular complexity index is 282. The molecule has 2 aliphatic rings. The monoisotopic (exact) mass is 179 g/mol. The lowest BCUT2D eigenvalue weighted by molar-refractivity contribution is 0.305. The molecule has 0 aromatic carbocycles. The Kier molecular flexibility index (Phi) is 1.76. The van der Waals surface area contributed by atoms with Crippen molar-refractivity contribution in [3.8, 4) is 0 Å². The van der Waals surface area contributed by atoms with Crippen LogP contribution in [0.2, 0.25) is 0 Å². The van der Waals surface area contributed by atoms with E-state index in [1.54, 1.807) is 0 Å². The molecule has 0 aromatic rings. The van der Waals surface area contributed by atoms with Crippen LogP contribution in [0.1, 0.15) is 33.1 Å². The predicted octanol–water partition coefficient (Wildman–Crippen LogP) is 2.83. The largest absolute Gasteiger partial charge is 0.411 e. The minimum Gasteiger partial charge on any atom is -0.411 e. The van der Waals surface area contributed by atoms with Gasteiger partial charge in [0.05, 0.1) is 5.71 Å². The summed E-state index contributed by atoms with van der Waals surface area (Å²) in [4.78, 5) is 0. The zero-order valence-corrected chi connectivity index (χ0v) is 8.38. The SMILES string of the molecule is C=C(C)C1C/C(=N\O)C2(C)CC2C1. The van der Waals surface area contributed by atoms with Crippen molar-refractivity contribution in [1.29, 1.82) is 0 Å². The van der Waals surface area contributed by atoms with Crippen molar-refractivity contribution in [3.63, 3.8) is 0 Å². The van der Waals surface area contributed by atoms with Crippen LogP contribution in [0, 0.1) is 17.3 Å². The molecule has 2 aliphatic carbocycles. The van der Waals surface area contributed by atoms with Gasteiger partial charge in [-0.25, -0.2) is 0 Å². The number of hydrogen-bond acceptors (Lipinski definition) is 2. The van der Waals surface area contributed by atoms with Crippen molar-refractivity contribution in [2.24, 2.45) is 22.4 Å². The molecule has 2 rings (SSSR count). The molecule has 3 unspecified atom stereocenters. The van der Waals surface area contributed by atoms with Gasteiger partial charge in [-0.15, -0.1) is 0 Å². The Hall–Kier alpha value is -0.790. The lowest BCUT2D eigenvalue weighted by atomic mass is 9.78. The third kappa shape index (κ3) is 1.19. The summed E-state index contributed by atoms with van der Waals surface area (Å²) in [6, 6.07) is 0. The quantitative estimate of drug-likeness (QED) is 0.375. The van der Waals surface area contributed by atoms with Gasteiger partial charge in [0, 0.05) is 5.41 Å². The van der Waals surface area contributed by atoms with Gasteiger partial charge < -0.3 is 5.21 Å². The van der Waals surface area contributed by atoms with Crippen LogP contribution in [0.25, 0.3) is 0 Å². The second-order valence-corrected chi connectivity index (χ2v) is 4.85. The van der Waals surface area contributed by atoms with E-state index in [2.05, 4.69) is 25.6 Å². The molecule has 0 heterocycles. The lowest BCUT2D eigenvalue weighted by Gasteiger charge is -2.26. The highest BCUT2D eigenvalue weighted by Crippen LogP contribution is 2.61. The third-order valence-corrected chi connectivity index (χ3v) is 3.90. The summed E-state index contributed by atoms with van der Waals surface area (Å²) in [5.41, 5.74) is 2.47. The van der Waals surface area contributed by atoms with E-state index in [1.165, 1.54) is 18.4 Å². The maximum atomic E-state index is 8.91. The molecule has 2 heteroatoms. The molecule has 0 bridgehead atoms.